The lowest BCUT2D eigenvalue weighted by atomic mass is 10.2. The van der Waals surface area contributed by atoms with Crippen molar-refractivity contribution in [3.05, 3.63) is 0 Å². The first-order chi connectivity index (χ1) is 13.1. The summed E-state index contributed by atoms with van der Waals surface area (Å²) in [6.07, 6.45) is 2.69. The fraction of sp³-hybridized carbons (Fsp3) is 0.882. The minimum atomic E-state index is -3.43. The van der Waals surface area contributed by atoms with Crippen LogP contribution in [0.5, 0.6) is 0 Å². The smallest absolute Gasteiger partial charge is 0.305 e. The van der Waals surface area contributed by atoms with Gasteiger partial charge < -0.3 is 25.2 Å². The zero-order valence-electron chi connectivity index (χ0n) is 17.5. The molecule has 0 aliphatic carbocycles. The summed E-state index contributed by atoms with van der Waals surface area (Å²) < 4.78 is 35.6. The summed E-state index contributed by atoms with van der Waals surface area (Å²) in [5, 5.41) is 14.5. The summed E-state index contributed by atoms with van der Waals surface area (Å²) in [6.45, 7) is 4.36. The summed E-state index contributed by atoms with van der Waals surface area (Å²) in [5.74, 6) is -0.492. The summed E-state index contributed by atoms with van der Waals surface area (Å²) in [5.41, 5.74) is 0. The van der Waals surface area contributed by atoms with Crippen LogP contribution in [0.2, 0.25) is 0 Å². The molecule has 28 heavy (non-hydrogen) atoms. The monoisotopic (exact) mass is 428 g/mol. The van der Waals surface area contributed by atoms with Gasteiger partial charge in [-0.1, -0.05) is 0 Å². The number of nitrogens with one attached hydrogen (secondary N) is 2. The van der Waals surface area contributed by atoms with Gasteiger partial charge in [-0.25, -0.2) is 0 Å². The second kappa shape index (κ2) is 17.8. The number of esters is 2. The topological polar surface area (TPSA) is 140 Å². The Kier molecular flexibility index (Phi) is 18.4. The molecule has 0 rings (SSSR count). The molecule has 0 radical (unpaired) electrons. The maximum absolute atomic E-state index is 11.1. The van der Waals surface area contributed by atoms with Gasteiger partial charge in [0.15, 0.2) is 0 Å². The number of hydrogen-bond acceptors (Lipinski definition) is 10. The largest absolute Gasteiger partial charge is 0.466 e. The Morgan fingerprint density at radius 1 is 0.929 bits per heavy atom. The average Bonchev–Trinajstić information content (AvgIpc) is 2.63. The summed E-state index contributed by atoms with van der Waals surface area (Å²) in [7, 11) is 0.00375. The van der Waals surface area contributed by atoms with Crippen LogP contribution in [0.1, 0.15) is 39.5 Å². The summed E-state index contributed by atoms with van der Waals surface area (Å²) >= 11 is 0. The molecule has 2 atom stereocenters. The molecule has 168 valence electrons. The third kappa shape index (κ3) is 19.5. The second-order valence-electron chi connectivity index (χ2n) is 5.83. The Labute approximate surface area is 168 Å². The molecule has 11 heteroatoms. The summed E-state index contributed by atoms with van der Waals surface area (Å²) in [4.78, 5) is 21.9. The maximum atomic E-state index is 11.1. The SMILES string of the molecule is CCOC(=O)CC[C@H](CO)NC.CCOC(=O)CC[C@H](COS(C)(=O)=O)NC. The molecule has 0 spiro atoms. The van der Waals surface area contributed by atoms with Crippen molar-refractivity contribution < 1.29 is 36.8 Å². The highest BCUT2D eigenvalue weighted by Gasteiger charge is 2.13. The minimum Gasteiger partial charge on any atom is -0.466 e. The van der Waals surface area contributed by atoms with Gasteiger partial charge in [0.25, 0.3) is 10.1 Å². The molecule has 0 saturated heterocycles. The third-order valence-electron chi connectivity index (χ3n) is 3.52. The van der Waals surface area contributed by atoms with Crippen molar-refractivity contribution >= 4 is 22.1 Å². The lowest BCUT2D eigenvalue weighted by Crippen LogP contribution is -2.32. The molecular formula is C17H36N2O8S. The Bertz CT molecular complexity index is 509. The number of carbonyl (C=O) groups excluding carboxylic acids is 2. The molecule has 0 aromatic heterocycles. The van der Waals surface area contributed by atoms with Gasteiger partial charge in [-0.2, -0.15) is 8.42 Å². The van der Waals surface area contributed by atoms with Gasteiger partial charge in [-0.3, -0.25) is 13.8 Å². The van der Waals surface area contributed by atoms with Crippen LogP contribution in [-0.4, -0.2) is 84.3 Å². The van der Waals surface area contributed by atoms with Gasteiger partial charge >= 0.3 is 11.9 Å². The molecule has 0 saturated carbocycles. The van der Waals surface area contributed by atoms with E-state index in [0.717, 1.165) is 6.26 Å². The normalized spacial score (nSPS) is 13.1. The highest BCUT2D eigenvalue weighted by Crippen LogP contribution is 2.01. The van der Waals surface area contributed by atoms with Crippen LogP contribution < -0.4 is 10.6 Å². The number of carbonyl (C=O) groups is 2. The fourth-order valence-corrected chi connectivity index (χ4v) is 2.31. The van der Waals surface area contributed by atoms with E-state index in [-0.39, 0.29) is 43.7 Å². The van der Waals surface area contributed by atoms with Gasteiger partial charge in [0.1, 0.15) is 0 Å². The van der Waals surface area contributed by atoms with E-state index in [1.54, 1.807) is 27.9 Å². The van der Waals surface area contributed by atoms with Crippen LogP contribution in [0.4, 0.5) is 0 Å². The zero-order valence-corrected chi connectivity index (χ0v) is 18.3. The molecule has 0 amide bonds. The van der Waals surface area contributed by atoms with E-state index >= 15 is 0 Å². The number of aliphatic hydroxyl groups is 1. The van der Waals surface area contributed by atoms with Crippen LogP contribution >= 0.6 is 0 Å². The van der Waals surface area contributed by atoms with E-state index in [1.807, 2.05) is 0 Å². The highest BCUT2D eigenvalue weighted by atomic mass is 32.2. The summed E-state index contributed by atoms with van der Waals surface area (Å²) in [6, 6.07) is -0.187. The van der Waals surface area contributed by atoms with Crippen molar-refractivity contribution in [2.75, 3.05) is 46.8 Å². The predicted octanol–water partition coefficient (Wildman–Crippen LogP) is -0.196. The van der Waals surface area contributed by atoms with Gasteiger partial charge in [0.05, 0.1) is 32.7 Å². The molecule has 0 aliphatic heterocycles. The Hall–Kier alpha value is -1.27. The molecule has 0 aliphatic rings. The van der Waals surface area contributed by atoms with Gasteiger partial charge in [0, 0.05) is 24.9 Å². The minimum absolute atomic E-state index is 0.00518. The first-order valence-electron chi connectivity index (χ1n) is 9.24. The van der Waals surface area contributed by atoms with Crippen LogP contribution in [0, 0.1) is 0 Å². The van der Waals surface area contributed by atoms with Crippen LogP contribution in [0.25, 0.3) is 0 Å². The number of ether oxygens (including phenoxy) is 2. The Balaban J connectivity index is 0. The number of aliphatic hydroxyl groups excluding tert-OH is 1. The lowest BCUT2D eigenvalue weighted by molar-refractivity contribution is -0.144. The Morgan fingerprint density at radius 2 is 1.36 bits per heavy atom. The molecular weight excluding hydrogens is 392 g/mol. The molecule has 10 nitrogen and oxygen atoms in total. The molecule has 0 aromatic rings. The number of hydrogen-bond donors (Lipinski definition) is 3. The highest BCUT2D eigenvalue weighted by molar-refractivity contribution is 7.85. The van der Waals surface area contributed by atoms with E-state index in [4.69, 9.17) is 14.6 Å². The van der Waals surface area contributed by atoms with Crippen molar-refractivity contribution in [2.24, 2.45) is 0 Å². The standard InChI is InChI=1S/C9H19NO5S.C8H17NO3/c1-4-14-9(11)6-5-8(10-2)7-15-16(3,12)13;1-3-12-8(11)5-4-7(6-10)9-2/h8,10H,4-7H2,1-3H3;7,9-10H,3-6H2,1-2H3/t8-;7-/m11/s1. The molecule has 3 N–H and O–H groups in total. The van der Waals surface area contributed by atoms with Gasteiger partial charge in [-0.15, -0.1) is 0 Å². The van der Waals surface area contributed by atoms with Crippen molar-refractivity contribution in [2.45, 2.75) is 51.6 Å². The second-order valence-corrected chi connectivity index (χ2v) is 7.47. The quantitative estimate of drug-likeness (QED) is 0.252. The fourth-order valence-electron chi connectivity index (χ4n) is 1.89. The first-order valence-corrected chi connectivity index (χ1v) is 11.1. The van der Waals surface area contributed by atoms with Crippen LogP contribution in [0.15, 0.2) is 0 Å². The maximum Gasteiger partial charge on any atom is 0.305 e. The van der Waals surface area contributed by atoms with E-state index in [9.17, 15) is 18.0 Å². The van der Waals surface area contributed by atoms with E-state index < -0.39 is 10.1 Å². The third-order valence-corrected chi connectivity index (χ3v) is 4.09. The van der Waals surface area contributed by atoms with Crippen molar-refractivity contribution in [1.82, 2.24) is 10.6 Å². The number of likely N-dealkylation sites (N-methyl/N-ethyl adjacent to an activating group) is 2. The van der Waals surface area contributed by atoms with Gasteiger partial charge in [0.2, 0.25) is 0 Å². The first kappa shape index (κ1) is 28.9. The van der Waals surface area contributed by atoms with Gasteiger partial charge in [-0.05, 0) is 40.8 Å². The number of rotatable bonds is 14. The zero-order chi connectivity index (χ0) is 22.0. The van der Waals surface area contributed by atoms with E-state index in [2.05, 4.69) is 14.8 Å². The average molecular weight is 429 g/mol. The van der Waals surface area contributed by atoms with E-state index in [0.29, 0.717) is 32.5 Å². The van der Waals surface area contributed by atoms with Crippen LogP contribution in [0.3, 0.4) is 0 Å². The van der Waals surface area contributed by atoms with Crippen molar-refractivity contribution in [3.63, 3.8) is 0 Å². The molecule has 0 aromatic carbocycles. The van der Waals surface area contributed by atoms with Crippen LogP contribution in [-0.2, 0) is 33.4 Å². The van der Waals surface area contributed by atoms with Crippen molar-refractivity contribution in [3.8, 4) is 0 Å². The van der Waals surface area contributed by atoms with Crippen molar-refractivity contribution in [1.29, 1.82) is 0 Å². The molecule has 0 bridgehead atoms. The molecule has 0 unspecified atom stereocenters. The van der Waals surface area contributed by atoms with E-state index in [1.165, 1.54) is 0 Å². The molecule has 0 fully saturated rings. The Morgan fingerprint density at radius 3 is 1.68 bits per heavy atom. The lowest BCUT2D eigenvalue weighted by Gasteiger charge is -2.14. The predicted molar refractivity (Wildman–Crippen MR) is 105 cm³/mol. The molecule has 0 heterocycles.